The number of fused-ring (bicyclic) bond motifs is 1. The fourth-order valence-electron chi connectivity index (χ4n) is 1.15. The van der Waals surface area contributed by atoms with E-state index in [1.807, 2.05) is 18.2 Å². The molecule has 14 heavy (non-hydrogen) atoms. The van der Waals surface area contributed by atoms with Gasteiger partial charge in [-0.1, -0.05) is 0 Å². The summed E-state index contributed by atoms with van der Waals surface area (Å²) < 4.78 is 0. The molecule has 0 spiro atoms. The molecule has 5 heteroatoms. The molecule has 0 fully saturated rings. The average molecular weight is 208 g/mol. The summed E-state index contributed by atoms with van der Waals surface area (Å²) in [6.07, 6.45) is 1.62. The van der Waals surface area contributed by atoms with Crippen molar-refractivity contribution >= 4 is 28.8 Å². The van der Waals surface area contributed by atoms with Gasteiger partial charge in [-0.2, -0.15) is 0 Å². The van der Waals surface area contributed by atoms with Gasteiger partial charge in [-0.15, -0.1) is 11.8 Å². The van der Waals surface area contributed by atoms with E-state index in [0.717, 1.165) is 15.9 Å². The highest BCUT2D eigenvalue weighted by Gasteiger charge is 2.01. The number of rotatable bonds is 3. The first kappa shape index (κ1) is 9.08. The summed E-state index contributed by atoms with van der Waals surface area (Å²) in [6, 6.07) is 5.64. The Morgan fingerprint density at radius 1 is 1.57 bits per heavy atom. The second-order valence-corrected chi connectivity index (χ2v) is 3.81. The zero-order chi connectivity index (χ0) is 9.97. The minimum atomic E-state index is -0.806. The quantitative estimate of drug-likeness (QED) is 0.754. The lowest BCUT2D eigenvalue weighted by atomic mass is 10.3. The van der Waals surface area contributed by atoms with Crippen LogP contribution in [0.1, 0.15) is 0 Å². The van der Waals surface area contributed by atoms with Crippen molar-refractivity contribution in [2.45, 2.75) is 4.90 Å². The van der Waals surface area contributed by atoms with Crippen LogP contribution in [0.15, 0.2) is 29.4 Å². The fraction of sp³-hybridized carbons (Fsp3) is 0.111. The zero-order valence-corrected chi connectivity index (χ0v) is 8.04. The Morgan fingerprint density at radius 2 is 2.43 bits per heavy atom. The monoisotopic (exact) mass is 208 g/mol. The van der Waals surface area contributed by atoms with Crippen molar-refractivity contribution in [2.75, 3.05) is 5.75 Å². The van der Waals surface area contributed by atoms with E-state index in [1.165, 1.54) is 11.8 Å². The van der Waals surface area contributed by atoms with Gasteiger partial charge >= 0.3 is 5.97 Å². The van der Waals surface area contributed by atoms with Crippen LogP contribution in [0, 0.1) is 0 Å². The van der Waals surface area contributed by atoms with E-state index >= 15 is 0 Å². The number of hydrogen-bond donors (Lipinski definition) is 2. The van der Waals surface area contributed by atoms with Gasteiger partial charge in [-0.05, 0) is 18.2 Å². The Kier molecular flexibility index (Phi) is 2.41. The first-order valence-electron chi connectivity index (χ1n) is 4.03. The van der Waals surface area contributed by atoms with E-state index in [-0.39, 0.29) is 5.75 Å². The number of carbonyl (C=O) groups is 1. The van der Waals surface area contributed by atoms with Crippen molar-refractivity contribution in [3.8, 4) is 0 Å². The first-order chi connectivity index (χ1) is 6.75. The highest BCUT2D eigenvalue weighted by atomic mass is 32.2. The van der Waals surface area contributed by atoms with Gasteiger partial charge < -0.3 is 10.1 Å². The van der Waals surface area contributed by atoms with E-state index in [2.05, 4.69) is 9.97 Å². The SMILES string of the molecule is O=C(O)CSc1ccc2nc[nH]c2c1. The maximum absolute atomic E-state index is 10.3. The van der Waals surface area contributed by atoms with Gasteiger partial charge in [0, 0.05) is 4.90 Å². The summed E-state index contributed by atoms with van der Waals surface area (Å²) in [5.74, 6) is -0.723. The largest absolute Gasteiger partial charge is 0.481 e. The molecule has 1 heterocycles. The lowest BCUT2D eigenvalue weighted by molar-refractivity contribution is -0.133. The van der Waals surface area contributed by atoms with Crippen LogP contribution >= 0.6 is 11.8 Å². The molecule has 72 valence electrons. The van der Waals surface area contributed by atoms with Crippen molar-refractivity contribution in [1.82, 2.24) is 9.97 Å². The molecule has 0 unspecified atom stereocenters. The van der Waals surface area contributed by atoms with Crippen LogP contribution < -0.4 is 0 Å². The van der Waals surface area contributed by atoms with Crippen molar-refractivity contribution in [2.24, 2.45) is 0 Å². The number of thioether (sulfide) groups is 1. The van der Waals surface area contributed by atoms with Gasteiger partial charge in [0.05, 0.1) is 23.1 Å². The number of nitrogens with zero attached hydrogens (tertiary/aromatic N) is 1. The minimum absolute atomic E-state index is 0.0830. The highest BCUT2D eigenvalue weighted by Crippen LogP contribution is 2.21. The molecule has 0 aliphatic rings. The summed E-state index contributed by atoms with van der Waals surface area (Å²) in [4.78, 5) is 18.3. The molecule has 0 aliphatic carbocycles. The third kappa shape index (κ3) is 1.88. The van der Waals surface area contributed by atoms with Crippen LogP contribution in [0.25, 0.3) is 11.0 Å². The molecule has 2 aromatic rings. The number of aliphatic carboxylic acids is 1. The predicted molar refractivity (Wildman–Crippen MR) is 54.5 cm³/mol. The van der Waals surface area contributed by atoms with Crippen LogP contribution in [0.5, 0.6) is 0 Å². The van der Waals surface area contributed by atoms with E-state index in [4.69, 9.17) is 5.11 Å². The van der Waals surface area contributed by atoms with Gasteiger partial charge in [0.2, 0.25) is 0 Å². The second-order valence-electron chi connectivity index (χ2n) is 2.76. The van der Waals surface area contributed by atoms with Gasteiger partial charge in [-0.3, -0.25) is 4.79 Å². The molecular weight excluding hydrogens is 200 g/mol. The molecule has 0 saturated heterocycles. The topological polar surface area (TPSA) is 66.0 Å². The molecule has 2 rings (SSSR count). The number of H-pyrrole nitrogens is 1. The molecule has 0 saturated carbocycles. The Bertz CT molecular complexity index is 467. The van der Waals surface area contributed by atoms with Gasteiger partial charge in [0.25, 0.3) is 0 Å². The minimum Gasteiger partial charge on any atom is -0.481 e. The Labute approximate surface area is 84.4 Å². The van der Waals surface area contributed by atoms with E-state index < -0.39 is 5.97 Å². The summed E-state index contributed by atoms with van der Waals surface area (Å²) in [6.45, 7) is 0. The summed E-state index contributed by atoms with van der Waals surface area (Å²) in [5.41, 5.74) is 1.82. The summed E-state index contributed by atoms with van der Waals surface area (Å²) >= 11 is 1.30. The van der Waals surface area contributed by atoms with E-state index in [0.29, 0.717) is 0 Å². The molecule has 2 N–H and O–H groups in total. The zero-order valence-electron chi connectivity index (χ0n) is 7.23. The van der Waals surface area contributed by atoms with Crippen LogP contribution in [0.2, 0.25) is 0 Å². The number of nitrogens with one attached hydrogen (secondary N) is 1. The molecular formula is C9H8N2O2S. The Balaban J connectivity index is 2.21. The number of imidazole rings is 1. The Morgan fingerprint density at radius 3 is 3.21 bits per heavy atom. The second kappa shape index (κ2) is 3.71. The number of carboxylic acid groups (broad SMARTS) is 1. The first-order valence-corrected chi connectivity index (χ1v) is 5.02. The lowest BCUT2D eigenvalue weighted by Gasteiger charge is -1.97. The molecule has 0 amide bonds. The third-order valence-electron chi connectivity index (χ3n) is 1.75. The van der Waals surface area contributed by atoms with Crippen molar-refractivity contribution in [3.63, 3.8) is 0 Å². The average Bonchev–Trinajstić information content (AvgIpc) is 2.61. The fourth-order valence-corrected chi connectivity index (χ4v) is 1.81. The lowest BCUT2D eigenvalue weighted by Crippen LogP contribution is -1.97. The van der Waals surface area contributed by atoms with Gasteiger partial charge in [-0.25, -0.2) is 4.98 Å². The molecule has 0 aliphatic heterocycles. The molecule has 1 aromatic heterocycles. The van der Waals surface area contributed by atoms with Crippen LogP contribution in [-0.4, -0.2) is 26.8 Å². The number of carboxylic acids is 1. The summed E-state index contributed by atoms with van der Waals surface area (Å²) in [7, 11) is 0. The van der Waals surface area contributed by atoms with Crippen LogP contribution in [0.4, 0.5) is 0 Å². The number of aromatic amines is 1. The smallest absolute Gasteiger partial charge is 0.313 e. The number of aromatic nitrogens is 2. The molecule has 0 atom stereocenters. The summed E-state index contributed by atoms with van der Waals surface area (Å²) in [5, 5.41) is 8.51. The van der Waals surface area contributed by atoms with Gasteiger partial charge in [0.1, 0.15) is 0 Å². The Hall–Kier alpha value is -1.49. The maximum atomic E-state index is 10.3. The molecule has 4 nitrogen and oxygen atoms in total. The maximum Gasteiger partial charge on any atom is 0.313 e. The number of hydrogen-bond acceptors (Lipinski definition) is 3. The molecule has 1 aromatic carbocycles. The van der Waals surface area contributed by atoms with Crippen molar-refractivity contribution in [3.05, 3.63) is 24.5 Å². The normalized spacial score (nSPS) is 10.6. The van der Waals surface area contributed by atoms with Crippen molar-refractivity contribution in [1.29, 1.82) is 0 Å². The van der Waals surface area contributed by atoms with Gasteiger partial charge in [0.15, 0.2) is 0 Å². The highest BCUT2D eigenvalue weighted by molar-refractivity contribution is 8.00. The van der Waals surface area contributed by atoms with Crippen LogP contribution in [0.3, 0.4) is 0 Å². The standard InChI is InChI=1S/C9H8N2O2S/c12-9(13)4-14-6-1-2-7-8(3-6)11-5-10-7/h1-3,5H,4H2,(H,10,11)(H,12,13). The third-order valence-corrected chi connectivity index (χ3v) is 2.73. The molecule has 0 bridgehead atoms. The van der Waals surface area contributed by atoms with Crippen LogP contribution in [-0.2, 0) is 4.79 Å². The van der Waals surface area contributed by atoms with E-state index in [1.54, 1.807) is 6.33 Å². The predicted octanol–water partition coefficient (Wildman–Crippen LogP) is 1.74. The molecule has 0 radical (unpaired) electrons. The van der Waals surface area contributed by atoms with Crippen molar-refractivity contribution < 1.29 is 9.90 Å². The van der Waals surface area contributed by atoms with E-state index in [9.17, 15) is 4.79 Å². The number of benzene rings is 1.